The van der Waals surface area contributed by atoms with Gasteiger partial charge in [-0.15, -0.1) is 0 Å². The molecular weight excluding hydrogens is 232 g/mol. The molecule has 2 aliphatic rings. The summed E-state index contributed by atoms with van der Waals surface area (Å²) >= 11 is 0. The molecule has 2 rings (SSSR count). The quantitative estimate of drug-likeness (QED) is 0.807. The van der Waals surface area contributed by atoms with Crippen molar-refractivity contribution in [2.75, 3.05) is 0 Å². The van der Waals surface area contributed by atoms with Crippen molar-refractivity contribution in [3.05, 3.63) is 0 Å². The lowest BCUT2D eigenvalue weighted by Crippen LogP contribution is -2.47. The van der Waals surface area contributed by atoms with Crippen molar-refractivity contribution in [2.45, 2.75) is 58.0 Å². The molecule has 0 aromatic heterocycles. The van der Waals surface area contributed by atoms with Gasteiger partial charge in [0.25, 0.3) is 0 Å². The third kappa shape index (κ3) is 2.30. The van der Waals surface area contributed by atoms with Gasteiger partial charge in [-0.05, 0) is 44.4 Å². The molecule has 18 heavy (non-hydrogen) atoms. The summed E-state index contributed by atoms with van der Waals surface area (Å²) in [5.74, 6) is -0.466. The minimum atomic E-state index is -0.875. The predicted octanol–water partition coefficient (Wildman–Crippen LogP) is 2.00. The molecule has 0 heterocycles. The Kier molecular flexibility index (Phi) is 3.76. The van der Waals surface area contributed by atoms with Gasteiger partial charge in [-0.1, -0.05) is 6.92 Å². The van der Waals surface area contributed by atoms with Crippen LogP contribution in [0.1, 0.15) is 51.9 Å². The number of aliphatic hydroxyl groups is 1. The second-order valence-electron chi connectivity index (χ2n) is 5.94. The summed E-state index contributed by atoms with van der Waals surface area (Å²) < 4.78 is 0. The van der Waals surface area contributed by atoms with Crippen molar-refractivity contribution in [1.29, 1.82) is 0 Å². The van der Waals surface area contributed by atoms with E-state index in [1.165, 1.54) is 0 Å². The molecule has 0 unspecified atom stereocenters. The monoisotopic (exact) mass is 254 g/mol. The van der Waals surface area contributed by atoms with Crippen LogP contribution in [-0.4, -0.2) is 28.1 Å². The molecule has 0 saturated heterocycles. The normalized spacial score (nSPS) is 40.3. The summed E-state index contributed by atoms with van der Waals surface area (Å²) in [5, 5.41) is 18.7. The van der Waals surface area contributed by atoms with E-state index in [1.54, 1.807) is 0 Å². The fourth-order valence-electron chi connectivity index (χ4n) is 3.82. The van der Waals surface area contributed by atoms with E-state index in [0.29, 0.717) is 25.7 Å². The largest absolute Gasteiger partial charge is 0.481 e. The summed E-state index contributed by atoms with van der Waals surface area (Å²) in [5.41, 5.74) is -0.644. The summed E-state index contributed by atoms with van der Waals surface area (Å²) in [6.45, 7) is 1.92. The second kappa shape index (κ2) is 5.00. The number of hydrogen-bond acceptors (Lipinski definition) is 3. The third-order valence-electron chi connectivity index (χ3n) is 4.97. The zero-order chi connectivity index (χ0) is 13.3. The third-order valence-corrected chi connectivity index (χ3v) is 4.97. The van der Waals surface area contributed by atoms with Gasteiger partial charge in [0.05, 0.1) is 12.5 Å². The maximum Gasteiger partial charge on any atom is 0.304 e. The van der Waals surface area contributed by atoms with Crippen LogP contribution < -0.4 is 0 Å². The van der Waals surface area contributed by atoms with E-state index >= 15 is 0 Å². The van der Waals surface area contributed by atoms with Crippen molar-refractivity contribution in [3.8, 4) is 0 Å². The van der Waals surface area contributed by atoms with Crippen molar-refractivity contribution in [3.63, 3.8) is 0 Å². The lowest BCUT2D eigenvalue weighted by Gasteiger charge is -2.45. The van der Waals surface area contributed by atoms with E-state index < -0.39 is 11.4 Å². The van der Waals surface area contributed by atoms with Crippen molar-refractivity contribution in [2.24, 2.45) is 17.3 Å². The lowest BCUT2D eigenvalue weighted by atomic mass is 9.58. The summed E-state index contributed by atoms with van der Waals surface area (Å²) in [6.07, 6.45) is 3.98. The number of fused-ring (bicyclic) bond motifs is 1. The zero-order valence-electron chi connectivity index (χ0n) is 10.9. The van der Waals surface area contributed by atoms with E-state index in [-0.39, 0.29) is 30.1 Å². The highest BCUT2D eigenvalue weighted by Gasteiger charge is 2.49. The number of hydrogen-bond donors (Lipinski definition) is 2. The maximum absolute atomic E-state index is 12.6. The standard InChI is InChI=1S/C14H22O4/c1-2-14(8-12(16)17)6-5-9-7-10(15)3-4-11(9)13(14)18/h9-11,15H,2-8H2,1H3,(H,16,17)/t9-,10-,11-,14-/m0/s1. The maximum atomic E-state index is 12.6. The fourth-order valence-corrected chi connectivity index (χ4v) is 3.82. The number of ketones is 1. The number of carboxylic acid groups (broad SMARTS) is 1. The highest BCUT2D eigenvalue weighted by molar-refractivity contribution is 5.91. The van der Waals surface area contributed by atoms with Crippen LogP contribution in [0.2, 0.25) is 0 Å². The van der Waals surface area contributed by atoms with Crippen molar-refractivity contribution in [1.82, 2.24) is 0 Å². The number of Topliss-reactive ketones (excluding diaryl/α,β-unsaturated/α-hetero) is 1. The summed E-state index contributed by atoms with van der Waals surface area (Å²) in [4.78, 5) is 23.6. The van der Waals surface area contributed by atoms with Gasteiger partial charge in [-0.2, -0.15) is 0 Å². The van der Waals surface area contributed by atoms with E-state index in [1.807, 2.05) is 6.92 Å². The number of aliphatic carboxylic acids is 1. The van der Waals surface area contributed by atoms with Gasteiger partial charge in [0, 0.05) is 11.3 Å². The molecule has 4 heteroatoms. The van der Waals surface area contributed by atoms with Gasteiger partial charge < -0.3 is 10.2 Å². The van der Waals surface area contributed by atoms with Crippen LogP contribution in [0.25, 0.3) is 0 Å². The topological polar surface area (TPSA) is 74.6 Å². The molecule has 0 spiro atoms. The number of carbonyl (C=O) groups is 2. The Morgan fingerprint density at radius 2 is 2.11 bits per heavy atom. The Labute approximate surface area is 107 Å². The molecular formula is C14H22O4. The van der Waals surface area contributed by atoms with Gasteiger partial charge >= 0.3 is 5.97 Å². The fraction of sp³-hybridized carbons (Fsp3) is 0.857. The molecule has 2 aliphatic carbocycles. The van der Waals surface area contributed by atoms with Crippen LogP contribution in [0.15, 0.2) is 0 Å². The van der Waals surface area contributed by atoms with Gasteiger partial charge in [0.15, 0.2) is 0 Å². The summed E-state index contributed by atoms with van der Waals surface area (Å²) in [6, 6.07) is 0. The van der Waals surface area contributed by atoms with Crippen LogP contribution in [0.3, 0.4) is 0 Å². The van der Waals surface area contributed by atoms with E-state index in [0.717, 1.165) is 12.8 Å². The average molecular weight is 254 g/mol. The predicted molar refractivity (Wildman–Crippen MR) is 66.1 cm³/mol. The molecule has 2 saturated carbocycles. The van der Waals surface area contributed by atoms with Gasteiger partial charge in [0.2, 0.25) is 0 Å². The first-order valence-corrected chi connectivity index (χ1v) is 6.92. The number of aliphatic hydroxyl groups excluding tert-OH is 1. The molecule has 2 N–H and O–H groups in total. The molecule has 0 bridgehead atoms. The molecule has 4 nitrogen and oxygen atoms in total. The van der Waals surface area contributed by atoms with Gasteiger partial charge in [0.1, 0.15) is 5.78 Å². The van der Waals surface area contributed by atoms with Crippen LogP contribution in [0, 0.1) is 17.3 Å². The Morgan fingerprint density at radius 1 is 1.39 bits per heavy atom. The van der Waals surface area contributed by atoms with E-state index in [4.69, 9.17) is 5.11 Å². The molecule has 102 valence electrons. The molecule has 0 aromatic carbocycles. The highest BCUT2D eigenvalue weighted by Crippen LogP contribution is 2.48. The Balaban J connectivity index is 2.17. The number of carbonyl (C=O) groups excluding carboxylic acids is 1. The molecule has 0 aliphatic heterocycles. The minimum absolute atomic E-state index is 0.0125. The van der Waals surface area contributed by atoms with E-state index in [9.17, 15) is 14.7 Å². The first kappa shape index (κ1) is 13.5. The number of carboxylic acids is 1. The lowest BCUT2D eigenvalue weighted by molar-refractivity contribution is -0.152. The van der Waals surface area contributed by atoms with E-state index in [2.05, 4.69) is 0 Å². The van der Waals surface area contributed by atoms with Gasteiger partial charge in [-0.25, -0.2) is 0 Å². The van der Waals surface area contributed by atoms with Crippen LogP contribution in [0.4, 0.5) is 0 Å². The second-order valence-corrected chi connectivity index (χ2v) is 5.94. The van der Waals surface area contributed by atoms with Crippen molar-refractivity contribution < 1.29 is 19.8 Å². The van der Waals surface area contributed by atoms with Crippen LogP contribution >= 0.6 is 0 Å². The SMILES string of the molecule is CC[C@@]1(CC(=O)O)CC[C@H]2C[C@@H](O)CC[C@@H]2C1=O. The highest BCUT2D eigenvalue weighted by atomic mass is 16.4. The molecule has 4 atom stereocenters. The first-order valence-electron chi connectivity index (χ1n) is 6.92. The average Bonchev–Trinajstić information content (AvgIpc) is 2.32. The first-order chi connectivity index (χ1) is 8.48. The molecule has 0 aromatic rings. The Hall–Kier alpha value is -0.900. The smallest absolute Gasteiger partial charge is 0.304 e. The molecule has 0 radical (unpaired) electrons. The molecule has 0 amide bonds. The van der Waals surface area contributed by atoms with Gasteiger partial charge in [-0.3, -0.25) is 9.59 Å². The Morgan fingerprint density at radius 3 is 2.72 bits per heavy atom. The molecule has 2 fully saturated rings. The van der Waals surface area contributed by atoms with Crippen LogP contribution in [-0.2, 0) is 9.59 Å². The Bertz CT molecular complexity index is 352. The summed E-state index contributed by atoms with van der Waals surface area (Å²) in [7, 11) is 0. The minimum Gasteiger partial charge on any atom is -0.481 e. The zero-order valence-corrected chi connectivity index (χ0v) is 10.9. The van der Waals surface area contributed by atoms with Crippen LogP contribution in [0.5, 0.6) is 0 Å². The number of rotatable bonds is 3. The van der Waals surface area contributed by atoms with Crippen molar-refractivity contribution >= 4 is 11.8 Å².